The summed E-state index contributed by atoms with van der Waals surface area (Å²) < 4.78 is 14.5. The lowest BCUT2D eigenvalue weighted by atomic mass is 10.3. The van der Waals surface area contributed by atoms with Gasteiger partial charge in [0.25, 0.3) is 0 Å². The van der Waals surface area contributed by atoms with E-state index in [1.165, 1.54) is 7.11 Å². The second-order valence-electron chi connectivity index (χ2n) is 7.17. The monoisotopic (exact) mass is 421 g/mol. The molecule has 0 radical (unpaired) electrons. The van der Waals surface area contributed by atoms with Gasteiger partial charge in [-0.2, -0.15) is 5.10 Å². The van der Waals surface area contributed by atoms with Crippen LogP contribution in [0.25, 0.3) is 22.9 Å². The van der Waals surface area contributed by atoms with Gasteiger partial charge in [-0.15, -0.1) is 0 Å². The summed E-state index contributed by atoms with van der Waals surface area (Å²) >= 11 is 0. The smallest absolute Gasteiger partial charge is 0.164 e. The number of fused-ring (bicyclic) bond motifs is 1. The van der Waals surface area contributed by atoms with E-state index in [4.69, 9.17) is 14.6 Å². The van der Waals surface area contributed by atoms with Gasteiger partial charge in [0.05, 0.1) is 31.7 Å². The number of aliphatic hydroxyl groups excluding tert-OH is 1. The third-order valence-corrected chi connectivity index (χ3v) is 5.29. The largest absolute Gasteiger partial charge is 0.393 e. The Kier molecular flexibility index (Phi) is 5.33. The van der Waals surface area contributed by atoms with Crippen LogP contribution >= 0.6 is 0 Å². The molecule has 1 atom stereocenters. The maximum absolute atomic E-state index is 9.70. The molecule has 4 aromatic heterocycles. The molecule has 10 nitrogen and oxygen atoms in total. The second kappa shape index (κ2) is 8.42. The van der Waals surface area contributed by atoms with Crippen molar-refractivity contribution in [3.05, 3.63) is 54.7 Å². The Hall–Kier alpha value is -3.34. The van der Waals surface area contributed by atoms with Gasteiger partial charge in [0.2, 0.25) is 0 Å². The van der Waals surface area contributed by atoms with Crippen molar-refractivity contribution >= 4 is 11.5 Å². The van der Waals surface area contributed by atoms with Crippen LogP contribution in [0.15, 0.2) is 48.9 Å². The van der Waals surface area contributed by atoms with E-state index in [-0.39, 0.29) is 6.61 Å². The lowest BCUT2D eigenvalue weighted by Gasteiger charge is -2.28. The molecule has 0 saturated carbocycles. The van der Waals surface area contributed by atoms with Crippen molar-refractivity contribution in [3.63, 3.8) is 0 Å². The summed E-state index contributed by atoms with van der Waals surface area (Å²) in [6.45, 7) is 2.54. The van der Waals surface area contributed by atoms with Crippen molar-refractivity contribution in [1.29, 1.82) is 0 Å². The van der Waals surface area contributed by atoms with Crippen molar-refractivity contribution in [3.8, 4) is 17.2 Å². The van der Waals surface area contributed by atoms with Crippen molar-refractivity contribution in [1.82, 2.24) is 29.1 Å². The summed E-state index contributed by atoms with van der Waals surface area (Å²) in [6, 6.07) is 9.68. The Balaban J connectivity index is 1.55. The molecule has 1 saturated heterocycles. The minimum atomic E-state index is -0.617. The Morgan fingerprint density at radius 1 is 1.13 bits per heavy atom. The van der Waals surface area contributed by atoms with E-state index in [1.54, 1.807) is 10.9 Å². The number of aliphatic hydroxyl groups is 1. The van der Waals surface area contributed by atoms with Crippen LogP contribution < -0.4 is 4.90 Å². The fourth-order valence-electron chi connectivity index (χ4n) is 3.63. The van der Waals surface area contributed by atoms with Gasteiger partial charge in [0.15, 0.2) is 11.6 Å². The number of nitrogens with zero attached hydrogens (tertiary/aromatic N) is 7. The van der Waals surface area contributed by atoms with Crippen LogP contribution in [-0.2, 0) is 9.47 Å². The van der Waals surface area contributed by atoms with Crippen LogP contribution in [0.5, 0.6) is 0 Å². The van der Waals surface area contributed by atoms with Crippen molar-refractivity contribution in [2.75, 3.05) is 44.9 Å². The minimum absolute atomic E-state index is 0.214. The normalized spacial score (nSPS) is 15.5. The molecule has 31 heavy (non-hydrogen) atoms. The first-order valence-corrected chi connectivity index (χ1v) is 10.1. The second-order valence-corrected chi connectivity index (χ2v) is 7.17. The molecule has 1 N–H and O–H groups in total. The summed E-state index contributed by atoms with van der Waals surface area (Å²) in [4.78, 5) is 15.8. The number of pyridine rings is 1. The maximum atomic E-state index is 9.70. The lowest BCUT2D eigenvalue weighted by molar-refractivity contribution is 0.0422. The van der Waals surface area contributed by atoms with Gasteiger partial charge >= 0.3 is 0 Å². The van der Waals surface area contributed by atoms with Crippen LogP contribution in [0.3, 0.4) is 0 Å². The van der Waals surface area contributed by atoms with Gasteiger partial charge in [0, 0.05) is 38.7 Å². The number of rotatable bonds is 6. The molecule has 160 valence electrons. The lowest BCUT2D eigenvalue weighted by Crippen LogP contribution is -2.37. The molecule has 1 aliphatic heterocycles. The van der Waals surface area contributed by atoms with Gasteiger partial charge in [-0.1, -0.05) is 6.07 Å². The molecule has 1 fully saturated rings. The molecule has 5 rings (SSSR count). The SMILES string of the molecule is CO[C@@H](CO)c1nc(N2CCOCC2)cc(-n2ccc(-c3cnc4ccccn34)n2)n1. The molecule has 4 aromatic rings. The highest BCUT2D eigenvalue weighted by Crippen LogP contribution is 2.23. The van der Waals surface area contributed by atoms with Crippen molar-refractivity contribution < 1.29 is 14.6 Å². The average Bonchev–Trinajstić information content (AvgIpc) is 3.48. The standard InChI is InChI=1S/C21H23N7O3/c1-30-17(14-29)21-23-19(26-8-10-31-11-9-26)12-20(24-21)28-7-5-15(25-28)16-13-22-18-4-2-3-6-27(16)18/h2-7,12-13,17,29H,8-11,14H2,1H3/t17-/m0/s1. The van der Waals surface area contributed by atoms with Crippen LogP contribution in [0.4, 0.5) is 5.82 Å². The minimum Gasteiger partial charge on any atom is -0.393 e. The first-order valence-electron chi connectivity index (χ1n) is 10.1. The molecule has 1 aliphatic rings. The number of hydrogen-bond acceptors (Lipinski definition) is 8. The molecule has 0 aliphatic carbocycles. The maximum Gasteiger partial charge on any atom is 0.164 e. The quantitative estimate of drug-likeness (QED) is 0.500. The van der Waals surface area contributed by atoms with E-state index < -0.39 is 6.10 Å². The topological polar surface area (TPSA) is 103 Å². The summed E-state index contributed by atoms with van der Waals surface area (Å²) in [7, 11) is 1.53. The number of morpholine rings is 1. The molecular formula is C21H23N7O3. The van der Waals surface area contributed by atoms with Gasteiger partial charge in [0.1, 0.15) is 23.3 Å². The Morgan fingerprint density at radius 2 is 1.97 bits per heavy atom. The molecule has 5 heterocycles. The highest BCUT2D eigenvalue weighted by molar-refractivity contribution is 5.60. The predicted octanol–water partition coefficient (Wildman–Crippen LogP) is 1.49. The van der Waals surface area contributed by atoms with Gasteiger partial charge in [-0.05, 0) is 18.2 Å². The zero-order valence-corrected chi connectivity index (χ0v) is 17.1. The third kappa shape index (κ3) is 3.76. The number of anilines is 1. The van der Waals surface area contributed by atoms with Crippen LogP contribution in [-0.4, -0.2) is 74.3 Å². The first-order chi connectivity index (χ1) is 15.3. The molecule has 0 bridgehead atoms. The Morgan fingerprint density at radius 3 is 2.77 bits per heavy atom. The zero-order chi connectivity index (χ0) is 21.2. The molecular weight excluding hydrogens is 398 g/mol. The highest BCUT2D eigenvalue weighted by Gasteiger charge is 2.20. The fourth-order valence-corrected chi connectivity index (χ4v) is 3.63. The van der Waals surface area contributed by atoms with E-state index >= 15 is 0 Å². The van der Waals surface area contributed by atoms with Crippen LogP contribution in [0, 0.1) is 0 Å². The molecule has 0 amide bonds. The molecule has 0 aromatic carbocycles. The van der Waals surface area contributed by atoms with Crippen molar-refractivity contribution in [2.24, 2.45) is 0 Å². The fraction of sp³-hybridized carbons (Fsp3) is 0.333. The first kappa shape index (κ1) is 19.6. The van der Waals surface area contributed by atoms with Gasteiger partial charge in [-0.25, -0.2) is 19.6 Å². The molecule has 10 heteroatoms. The van der Waals surface area contributed by atoms with Crippen LogP contribution in [0.2, 0.25) is 0 Å². The summed E-state index contributed by atoms with van der Waals surface area (Å²) in [6.07, 6.45) is 5.00. The molecule has 0 spiro atoms. The highest BCUT2D eigenvalue weighted by atomic mass is 16.5. The third-order valence-electron chi connectivity index (χ3n) is 5.29. The number of hydrogen-bond donors (Lipinski definition) is 1. The molecule has 0 unspecified atom stereocenters. The Bertz CT molecular complexity index is 1180. The van der Waals surface area contributed by atoms with Crippen LogP contribution in [0.1, 0.15) is 11.9 Å². The van der Waals surface area contributed by atoms with E-state index in [0.29, 0.717) is 24.9 Å². The van der Waals surface area contributed by atoms with E-state index in [1.807, 2.05) is 47.1 Å². The summed E-state index contributed by atoms with van der Waals surface area (Å²) in [5, 5.41) is 14.4. The summed E-state index contributed by atoms with van der Waals surface area (Å²) in [5.74, 6) is 1.77. The van der Waals surface area contributed by atoms with Crippen molar-refractivity contribution in [2.45, 2.75) is 6.10 Å². The Labute approximate surface area is 178 Å². The van der Waals surface area contributed by atoms with Gasteiger partial charge in [-0.3, -0.25) is 4.40 Å². The number of imidazole rings is 1. The van der Waals surface area contributed by atoms with E-state index in [0.717, 1.165) is 35.9 Å². The number of aromatic nitrogens is 6. The van der Waals surface area contributed by atoms with Gasteiger partial charge < -0.3 is 19.5 Å². The zero-order valence-electron chi connectivity index (χ0n) is 17.1. The van der Waals surface area contributed by atoms with E-state index in [2.05, 4.69) is 19.9 Å². The average molecular weight is 421 g/mol. The van der Waals surface area contributed by atoms with E-state index in [9.17, 15) is 5.11 Å². The number of ether oxygens (including phenoxy) is 2. The summed E-state index contributed by atoms with van der Waals surface area (Å²) in [5.41, 5.74) is 2.52. The predicted molar refractivity (Wildman–Crippen MR) is 113 cm³/mol. The number of methoxy groups -OCH3 is 1.